The van der Waals surface area contributed by atoms with Gasteiger partial charge in [-0.2, -0.15) is 5.26 Å². The molecule has 0 radical (unpaired) electrons. The molecule has 24 heavy (non-hydrogen) atoms. The molecule has 5 heteroatoms. The highest BCUT2D eigenvalue weighted by molar-refractivity contribution is 14.0. The zero-order valence-corrected chi connectivity index (χ0v) is 16.4. The van der Waals surface area contributed by atoms with E-state index in [1.54, 1.807) is 0 Å². The quantitative estimate of drug-likeness (QED) is 0.428. The third-order valence-electron chi connectivity index (χ3n) is 3.39. The molecular formula is C19H23IN4. The number of aryl methyl sites for hydroxylation is 1. The molecule has 0 amide bonds. The average molecular weight is 434 g/mol. The second-order valence-electron chi connectivity index (χ2n) is 5.35. The van der Waals surface area contributed by atoms with Crippen LogP contribution in [0.2, 0.25) is 0 Å². The van der Waals surface area contributed by atoms with Crippen molar-refractivity contribution in [3.8, 4) is 6.07 Å². The molecule has 0 bridgehead atoms. The summed E-state index contributed by atoms with van der Waals surface area (Å²) in [5.74, 6) is 0.790. The van der Waals surface area contributed by atoms with Gasteiger partial charge in [-0.3, -0.25) is 0 Å². The summed E-state index contributed by atoms with van der Waals surface area (Å²) < 4.78 is 0. The minimum atomic E-state index is 0. The van der Waals surface area contributed by atoms with Gasteiger partial charge in [-0.25, -0.2) is 4.99 Å². The Bertz CT molecular complexity index is 702. The van der Waals surface area contributed by atoms with Crippen molar-refractivity contribution in [3.63, 3.8) is 0 Å². The SMILES string of the molecule is CCNC(=NCc1cccc(C)c1)NCc1ccc(C#N)cc1.I. The van der Waals surface area contributed by atoms with E-state index in [9.17, 15) is 0 Å². The van der Waals surface area contributed by atoms with Gasteiger partial charge in [0.25, 0.3) is 0 Å². The highest BCUT2D eigenvalue weighted by atomic mass is 127. The van der Waals surface area contributed by atoms with Crippen LogP contribution < -0.4 is 10.6 Å². The Morgan fingerprint density at radius 3 is 2.46 bits per heavy atom. The Balaban J connectivity index is 0.00000288. The van der Waals surface area contributed by atoms with Crippen LogP contribution in [0.3, 0.4) is 0 Å². The highest BCUT2D eigenvalue weighted by Crippen LogP contribution is 2.05. The summed E-state index contributed by atoms with van der Waals surface area (Å²) in [7, 11) is 0. The normalized spacial score (nSPS) is 10.5. The third kappa shape index (κ3) is 6.59. The number of aliphatic imine (C=N–C) groups is 1. The molecule has 0 unspecified atom stereocenters. The molecule has 0 aliphatic heterocycles. The third-order valence-corrected chi connectivity index (χ3v) is 3.39. The summed E-state index contributed by atoms with van der Waals surface area (Å²) in [5, 5.41) is 15.4. The molecule has 4 nitrogen and oxygen atoms in total. The molecule has 0 atom stereocenters. The first kappa shape index (κ1) is 20.0. The lowest BCUT2D eigenvalue weighted by Crippen LogP contribution is -2.36. The van der Waals surface area contributed by atoms with Crippen molar-refractivity contribution >= 4 is 29.9 Å². The summed E-state index contributed by atoms with van der Waals surface area (Å²) >= 11 is 0. The van der Waals surface area contributed by atoms with Gasteiger partial charge in [0.2, 0.25) is 0 Å². The molecule has 126 valence electrons. The Morgan fingerprint density at radius 2 is 1.83 bits per heavy atom. The van der Waals surface area contributed by atoms with E-state index in [0.29, 0.717) is 18.7 Å². The van der Waals surface area contributed by atoms with Crippen LogP contribution in [-0.4, -0.2) is 12.5 Å². The van der Waals surface area contributed by atoms with Crippen molar-refractivity contribution in [2.75, 3.05) is 6.54 Å². The van der Waals surface area contributed by atoms with Crippen LogP contribution in [0.25, 0.3) is 0 Å². The van der Waals surface area contributed by atoms with E-state index in [4.69, 9.17) is 5.26 Å². The van der Waals surface area contributed by atoms with Gasteiger partial charge in [0.05, 0.1) is 18.2 Å². The summed E-state index contributed by atoms with van der Waals surface area (Å²) in [5.41, 5.74) is 4.23. The van der Waals surface area contributed by atoms with Crippen LogP contribution in [-0.2, 0) is 13.1 Å². The van der Waals surface area contributed by atoms with Crippen molar-refractivity contribution < 1.29 is 0 Å². The maximum absolute atomic E-state index is 8.82. The number of guanidine groups is 1. The number of nitrogens with one attached hydrogen (secondary N) is 2. The fourth-order valence-electron chi connectivity index (χ4n) is 2.21. The zero-order valence-electron chi connectivity index (χ0n) is 14.0. The fraction of sp³-hybridized carbons (Fsp3) is 0.263. The average Bonchev–Trinajstić information content (AvgIpc) is 2.58. The van der Waals surface area contributed by atoms with E-state index < -0.39 is 0 Å². The number of nitrogens with zero attached hydrogens (tertiary/aromatic N) is 2. The second kappa shape index (κ2) is 10.7. The number of hydrogen-bond acceptors (Lipinski definition) is 2. The molecule has 0 saturated heterocycles. The lowest BCUT2D eigenvalue weighted by molar-refractivity contribution is 0.816. The molecule has 0 aromatic heterocycles. The first-order chi connectivity index (χ1) is 11.2. The van der Waals surface area contributed by atoms with Crippen LogP contribution in [0, 0.1) is 18.3 Å². The van der Waals surface area contributed by atoms with Gasteiger partial charge in [0.1, 0.15) is 0 Å². The van der Waals surface area contributed by atoms with Gasteiger partial charge < -0.3 is 10.6 Å². The largest absolute Gasteiger partial charge is 0.357 e. The Kier molecular flexibility index (Phi) is 8.87. The van der Waals surface area contributed by atoms with Crippen LogP contribution >= 0.6 is 24.0 Å². The molecule has 2 aromatic carbocycles. The molecule has 0 aliphatic carbocycles. The number of hydrogen-bond donors (Lipinski definition) is 2. The van der Waals surface area contributed by atoms with Crippen molar-refractivity contribution in [2.24, 2.45) is 4.99 Å². The van der Waals surface area contributed by atoms with Crippen molar-refractivity contribution in [1.82, 2.24) is 10.6 Å². The topological polar surface area (TPSA) is 60.2 Å². The monoisotopic (exact) mass is 434 g/mol. The molecule has 2 aromatic rings. The smallest absolute Gasteiger partial charge is 0.191 e. The first-order valence-corrected chi connectivity index (χ1v) is 7.78. The molecule has 0 spiro atoms. The summed E-state index contributed by atoms with van der Waals surface area (Å²) in [6, 6.07) is 18.1. The van der Waals surface area contributed by atoms with Crippen molar-refractivity contribution in [1.29, 1.82) is 5.26 Å². The fourth-order valence-corrected chi connectivity index (χ4v) is 2.21. The van der Waals surface area contributed by atoms with Gasteiger partial charge in [-0.15, -0.1) is 24.0 Å². The van der Waals surface area contributed by atoms with Crippen LogP contribution in [0.15, 0.2) is 53.5 Å². The summed E-state index contributed by atoms with van der Waals surface area (Å²) in [4.78, 5) is 4.62. The van der Waals surface area contributed by atoms with Crippen LogP contribution in [0.4, 0.5) is 0 Å². The number of rotatable bonds is 5. The lowest BCUT2D eigenvalue weighted by atomic mass is 10.1. The van der Waals surface area contributed by atoms with E-state index in [2.05, 4.69) is 52.9 Å². The molecule has 2 rings (SSSR count). The van der Waals surface area contributed by atoms with Crippen LogP contribution in [0.5, 0.6) is 0 Å². The molecule has 2 N–H and O–H groups in total. The molecule has 0 heterocycles. The number of benzene rings is 2. The summed E-state index contributed by atoms with van der Waals surface area (Å²) in [6.07, 6.45) is 0. The lowest BCUT2D eigenvalue weighted by Gasteiger charge is -2.11. The maximum Gasteiger partial charge on any atom is 0.191 e. The maximum atomic E-state index is 8.82. The number of halogens is 1. The van der Waals surface area contributed by atoms with Gasteiger partial charge >= 0.3 is 0 Å². The van der Waals surface area contributed by atoms with E-state index in [1.165, 1.54) is 11.1 Å². The first-order valence-electron chi connectivity index (χ1n) is 7.78. The van der Waals surface area contributed by atoms with E-state index in [0.717, 1.165) is 18.1 Å². The van der Waals surface area contributed by atoms with E-state index in [1.807, 2.05) is 31.2 Å². The van der Waals surface area contributed by atoms with Crippen LogP contribution in [0.1, 0.15) is 29.2 Å². The molecule has 0 saturated carbocycles. The van der Waals surface area contributed by atoms with Crippen molar-refractivity contribution in [3.05, 3.63) is 70.8 Å². The predicted octanol–water partition coefficient (Wildman–Crippen LogP) is 3.74. The van der Waals surface area contributed by atoms with E-state index in [-0.39, 0.29) is 24.0 Å². The van der Waals surface area contributed by atoms with Gasteiger partial charge in [0, 0.05) is 13.1 Å². The molecule has 0 fully saturated rings. The second-order valence-corrected chi connectivity index (χ2v) is 5.35. The predicted molar refractivity (Wildman–Crippen MR) is 109 cm³/mol. The zero-order chi connectivity index (χ0) is 16.5. The van der Waals surface area contributed by atoms with Gasteiger partial charge in [-0.1, -0.05) is 42.0 Å². The minimum absolute atomic E-state index is 0. The highest BCUT2D eigenvalue weighted by Gasteiger charge is 1.99. The molecular weight excluding hydrogens is 411 g/mol. The van der Waals surface area contributed by atoms with Gasteiger partial charge in [0.15, 0.2) is 5.96 Å². The summed E-state index contributed by atoms with van der Waals surface area (Å²) in [6.45, 7) is 6.26. The molecule has 0 aliphatic rings. The Labute approximate surface area is 161 Å². The Morgan fingerprint density at radius 1 is 1.08 bits per heavy atom. The minimum Gasteiger partial charge on any atom is -0.357 e. The number of nitriles is 1. The Hall–Kier alpha value is -2.07. The van der Waals surface area contributed by atoms with Gasteiger partial charge in [-0.05, 0) is 37.1 Å². The standard InChI is InChI=1S/C19H22N4.HI/c1-3-21-19(23-14-18-6-4-5-15(2)11-18)22-13-17-9-7-16(12-20)8-10-17;/h4-11H,3,13-14H2,1-2H3,(H2,21,22,23);1H. The van der Waals surface area contributed by atoms with Crippen molar-refractivity contribution in [2.45, 2.75) is 26.9 Å². The van der Waals surface area contributed by atoms with E-state index >= 15 is 0 Å².